The minimum Gasteiger partial charge on any atom is -0.399 e. The van der Waals surface area contributed by atoms with E-state index in [1.165, 1.54) is 5.56 Å². The monoisotopic (exact) mass is 394 g/mol. The highest BCUT2D eigenvalue weighted by Crippen LogP contribution is 2.41. The number of amides is 1. The quantitative estimate of drug-likeness (QED) is 0.763. The van der Waals surface area contributed by atoms with Crippen LogP contribution in [0.4, 0.5) is 5.69 Å². The Kier molecular flexibility index (Phi) is 5.71. The van der Waals surface area contributed by atoms with Crippen molar-refractivity contribution < 1.29 is 4.79 Å². The zero-order valence-electron chi connectivity index (χ0n) is 12.7. The van der Waals surface area contributed by atoms with Gasteiger partial charge in [0.05, 0.1) is 12.0 Å². The van der Waals surface area contributed by atoms with Crippen molar-refractivity contribution in [2.24, 2.45) is 0 Å². The fraction of sp³-hybridized carbons (Fsp3) is 0.278. The molecular formula is C18H20BrClN2O. The Balaban J connectivity index is 0.00000192. The third-order valence-corrected chi connectivity index (χ3v) is 4.80. The van der Waals surface area contributed by atoms with E-state index in [9.17, 15) is 4.79 Å². The topological polar surface area (TPSA) is 55.1 Å². The maximum Gasteiger partial charge on any atom is 0.225 e. The molecule has 3 nitrogen and oxygen atoms in total. The smallest absolute Gasteiger partial charge is 0.225 e. The number of benzene rings is 2. The summed E-state index contributed by atoms with van der Waals surface area (Å²) < 4.78 is 1.05. The maximum absolute atomic E-state index is 12.4. The molecule has 0 spiro atoms. The SMILES string of the molecule is Cl.Nc1ccc(CC(=O)NC2(c3cccc(Br)c3)CCC2)cc1. The lowest BCUT2D eigenvalue weighted by atomic mass is 9.71. The Bertz CT molecular complexity index is 684. The van der Waals surface area contributed by atoms with Crippen LogP contribution in [0.2, 0.25) is 0 Å². The van der Waals surface area contributed by atoms with Gasteiger partial charge in [0.2, 0.25) is 5.91 Å². The molecule has 1 aliphatic rings. The number of rotatable bonds is 4. The zero-order chi connectivity index (χ0) is 15.6. The van der Waals surface area contributed by atoms with Crippen LogP contribution < -0.4 is 11.1 Å². The molecule has 0 saturated heterocycles. The second-order valence-electron chi connectivity index (χ2n) is 5.91. The maximum atomic E-state index is 12.4. The summed E-state index contributed by atoms with van der Waals surface area (Å²) in [4.78, 5) is 12.4. The number of nitrogens with two attached hydrogens (primary N) is 1. The van der Waals surface area contributed by atoms with E-state index in [1.54, 1.807) is 0 Å². The third-order valence-electron chi connectivity index (χ3n) is 4.31. The number of anilines is 1. The van der Waals surface area contributed by atoms with Gasteiger partial charge in [0, 0.05) is 10.2 Å². The summed E-state index contributed by atoms with van der Waals surface area (Å²) in [6.07, 6.45) is 3.53. The number of carbonyl (C=O) groups excluding carboxylic acids is 1. The summed E-state index contributed by atoms with van der Waals surface area (Å²) in [6, 6.07) is 15.7. The van der Waals surface area contributed by atoms with Gasteiger partial charge in [-0.1, -0.05) is 40.2 Å². The molecule has 0 aliphatic heterocycles. The molecule has 1 aliphatic carbocycles. The number of hydrogen-bond acceptors (Lipinski definition) is 2. The molecule has 0 atom stereocenters. The number of nitrogen functional groups attached to an aromatic ring is 1. The number of halogens is 2. The van der Waals surface area contributed by atoms with Crippen LogP contribution >= 0.6 is 28.3 Å². The number of nitrogens with one attached hydrogen (secondary N) is 1. The van der Waals surface area contributed by atoms with Crippen molar-refractivity contribution in [1.29, 1.82) is 0 Å². The lowest BCUT2D eigenvalue weighted by Crippen LogP contribution is -2.51. The van der Waals surface area contributed by atoms with Gasteiger partial charge in [0.15, 0.2) is 0 Å². The normalized spacial score (nSPS) is 15.2. The van der Waals surface area contributed by atoms with Gasteiger partial charge in [-0.2, -0.15) is 0 Å². The van der Waals surface area contributed by atoms with Crippen LogP contribution in [0.5, 0.6) is 0 Å². The molecule has 3 rings (SSSR count). The largest absolute Gasteiger partial charge is 0.399 e. The fourth-order valence-electron chi connectivity index (χ4n) is 2.93. The first-order chi connectivity index (χ1) is 10.6. The Morgan fingerprint density at radius 3 is 2.43 bits per heavy atom. The summed E-state index contributed by atoms with van der Waals surface area (Å²) >= 11 is 3.51. The van der Waals surface area contributed by atoms with Gasteiger partial charge in [-0.25, -0.2) is 0 Å². The van der Waals surface area contributed by atoms with E-state index in [-0.39, 0.29) is 23.9 Å². The first-order valence-electron chi connectivity index (χ1n) is 7.49. The Labute approximate surface area is 151 Å². The van der Waals surface area contributed by atoms with Crippen LogP contribution in [0, 0.1) is 0 Å². The van der Waals surface area contributed by atoms with Crippen LogP contribution in [-0.4, -0.2) is 5.91 Å². The summed E-state index contributed by atoms with van der Waals surface area (Å²) in [5.74, 6) is 0.0597. The molecule has 2 aromatic carbocycles. The molecular weight excluding hydrogens is 376 g/mol. The molecule has 122 valence electrons. The van der Waals surface area contributed by atoms with E-state index in [0.29, 0.717) is 12.1 Å². The number of hydrogen-bond donors (Lipinski definition) is 2. The van der Waals surface area contributed by atoms with Crippen LogP contribution in [0.25, 0.3) is 0 Å². The third kappa shape index (κ3) is 4.06. The zero-order valence-corrected chi connectivity index (χ0v) is 15.1. The lowest BCUT2D eigenvalue weighted by molar-refractivity contribution is -0.123. The van der Waals surface area contributed by atoms with Crippen molar-refractivity contribution >= 4 is 39.9 Å². The highest BCUT2D eigenvalue weighted by Gasteiger charge is 2.39. The van der Waals surface area contributed by atoms with Gasteiger partial charge in [-0.15, -0.1) is 12.4 Å². The molecule has 0 unspecified atom stereocenters. The van der Waals surface area contributed by atoms with Crippen molar-refractivity contribution in [3.63, 3.8) is 0 Å². The van der Waals surface area contributed by atoms with Gasteiger partial charge in [0.25, 0.3) is 0 Å². The summed E-state index contributed by atoms with van der Waals surface area (Å²) in [6.45, 7) is 0. The first kappa shape index (κ1) is 17.8. The summed E-state index contributed by atoms with van der Waals surface area (Å²) in [7, 11) is 0. The predicted molar refractivity (Wildman–Crippen MR) is 99.6 cm³/mol. The molecule has 0 bridgehead atoms. The second-order valence-corrected chi connectivity index (χ2v) is 6.83. The van der Waals surface area contributed by atoms with Crippen molar-refractivity contribution in [2.45, 2.75) is 31.2 Å². The van der Waals surface area contributed by atoms with Crippen molar-refractivity contribution in [3.8, 4) is 0 Å². The molecule has 0 aromatic heterocycles. The average Bonchev–Trinajstić information content (AvgIpc) is 2.45. The Hall–Kier alpha value is -1.52. The molecule has 5 heteroatoms. The summed E-state index contributed by atoms with van der Waals surface area (Å²) in [5.41, 5.74) is 8.35. The van der Waals surface area contributed by atoms with E-state index in [2.05, 4.69) is 33.4 Å². The van der Waals surface area contributed by atoms with Gasteiger partial charge in [-0.3, -0.25) is 4.79 Å². The van der Waals surface area contributed by atoms with Crippen molar-refractivity contribution in [3.05, 3.63) is 64.1 Å². The minimum atomic E-state index is -0.200. The molecule has 2 aromatic rings. The van der Waals surface area contributed by atoms with Gasteiger partial charge in [-0.05, 0) is 54.7 Å². The van der Waals surface area contributed by atoms with Crippen molar-refractivity contribution in [1.82, 2.24) is 5.32 Å². The first-order valence-corrected chi connectivity index (χ1v) is 8.28. The minimum absolute atomic E-state index is 0. The molecule has 0 radical (unpaired) electrons. The Morgan fingerprint density at radius 1 is 1.17 bits per heavy atom. The lowest BCUT2D eigenvalue weighted by Gasteiger charge is -2.43. The average molecular weight is 396 g/mol. The molecule has 23 heavy (non-hydrogen) atoms. The van der Waals surface area contributed by atoms with E-state index in [1.807, 2.05) is 36.4 Å². The van der Waals surface area contributed by atoms with Crippen LogP contribution in [0.1, 0.15) is 30.4 Å². The molecule has 1 fully saturated rings. The van der Waals surface area contributed by atoms with Gasteiger partial charge in [0.1, 0.15) is 0 Å². The Morgan fingerprint density at radius 2 is 1.87 bits per heavy atom. The van der Waals surface area contributed by atoms with E-state index >= 15 is 0 Å². The molecule has 1 amide bonds. The van der Waals surface area contributed by atoms with E-state index in [4.69, 9.17) is 5.73 Å². The molecule has 3 N–H and O–H groups in total. The van der Waals surface area contributed by atoms with E-state index < -0.39 is 0 Å². The highest BCUT2D eigenvalue weighted by molar-refractivity contribution is 9.10. The highest BCUT2D eigenvalue weighted by atomic mass is 79.9. The van der Waals surface area contributed by atoms with Crippen LogP contribution in [0.3, 0.4) is 0 Å². The predicted octanol–water partition coefficient (Wildman–Crippen LogP) is 4.19. The molecule has 1 saturated carbocycles. The van der Waals surface area contributed by atoms with E-state index in [0.717, 1.165) is 29.3 Å². The number of carbonyl (C=O) groups is 1. The van der Waals surface area contributed by atoms with Gasteiger partial charge < -0.3 is 11.1 Å². The standard InChI is InChI=1S/C18H19BrN2O.ClH/c19-15-4-1-3-14(12-15)18(9-2-10-18)21-17(22)11-13-5-7-16(20)8-6-13;/h1,3-8,12H,2,9-11,20H2,(H,21,22);1H. The van der Waals surface area contributed by atoms with Gasteiger partial charge >= 0.3 is 0 Å². The molecule has 0 heterocycles. The summed E-state index contributed by atoms with van der Waals surface area (Å²) in [5, 5.41) is 3.25. The second kappa shape index (κ2) is 7.37. The fourth-order valence-corrected chi connectivity index (χ4v) is 3.33. The van der Waals surface area contributed by atoms with Crippen LogP contribution in [-0.2, 0) is 16.8 Å². The van der Waals surface area contributed by atoms with Crippen molar-refractivity contribution in [2.75, 3.05) is 5.73 Å². The van der Waals surface area contributed by atoms with Crippen LogP contribution in [0.15, 0.2) is 53.0 Å².